The van der Waals surface area contributed by atoms with E-state index in [1.54, 1.807) is 0 Å². The van der Waals surface area contributed by atoms with Crippen molar-refractivity contribution < 1.29 is 0 Å². The molecule has 0 saturated heterocycles. The summed E-state index contributed by atoms with van der Waals surface area (Å²) < 4.78 is 5.41. The van der Waals surface area contributed by atoms with E-state index in [-0.39, 0.29) is 0 Å². The first-order valence-corrected chi connectivity index (χ1v) is 15.3. The number of thiophene rings is 2. The van der Waals surface area contributed by atoms with Crippen molar-refractivity contribution in [2.24, 2.45) is 0 Å². The third-order valence-corrected chi connectivity index (χ3v) is 10.6. The summed E-state index contributed by atoms with van der Waals surface area (Å²) in [6.07, 6.45) is 0. The molecule has 0 N–H and O–H groups in total. The maximum atomic E-state index is 2.39. The van der Waals surface area contributed by atoms with Gasteiger partial charge in [-0.25, -0.2) is 0 Å². The van der Waals surface area contributed by atoms with Crippen molar-refractivity contribution in [2.75, 3.05) is 0 Å². The Labute approximate surface area is 241 Å². The molecule has 0 aliphatic rings. The third kappa shape index (κ3) is 3.64. The first-order valence-electron chi connectivity index (χ1n) is 13.7. The van der Waals surface area contributed by atoms with Crippen LogP contribution in [0.15, 0.2) is 121 Å². The molecule has 0 fully saturated rings. The zero-order valence-electron chi connectivity index (χ0n) is 22.4. The zero-order chi connectivity index (χ0) is 26.8. The van der Waals surface area contributed by atoms with Gasteiger partial charge in [0.15, 0.2) is 0 Å². The number of rotatable bonds is 3. The standard InChI is InChI=1S/C38H26S2/c1-23-9-3-5-11-27(23)29-13-7-15-31-33-21-25(17-19-35(33)39-37(29)31)26-18-20-36-34(22-26)32-16-8-14-30(38(32)40-36)28-12-6-4-10-24(28)2/h3-22H,1-2H3. The Bertz CT molecular complexity index is 2080. The van der Waals surface area contributed by atoms with Crippen molar-refractivity contribution in [3.05, 3.63) is 132 Å². The fourth-order valence-corrected chi connectivity index (χ4v) is 8.55. The van der Waals surface area contributed by atoms with E-state index in [0.29, 0.717) is 0 Å². The van der Waals surface area contributed by atoms with Crippen molar-refractivity contribution in [1.82, 2.24) is 0 Å². The summed E-state index contributed by atoms with van der Waals surface area (Å²) in [5, 5.41) is 5.36. The van der Waals surface area contributed by atoms with Gasteiger partial charge in [0.05, 0.1) is 0 Å². The maximum Gasteiger partial charge on any atom is 0.0433 e. The van der Waals surface area contributed by atoms with Gasteiger partial charge in [0.25, 0.3) is 0 Å². The predicted octanol–water partition coefficient (Wildman–Crippen LogP) is 12.0. The molecule has 40 heavy (non-hydrogen) atoms. The van der Waals surface area contributed by atoms with E-state index in [2.05, 4.69) is 135 Å². The second-order valence-corrected chi connectivity index (χ2v) is 12.7. The minimum Gasteiger partial charge on any atom is -0.135 e. The van der Waals surface area contributed by atoms with Crippen molar-refractivity contribution in [2.45, 2.75) is 13.8 Å². The summed E-state index contributed by atoms with van der Waals surface area (Å²) in [7, 11) is 0. The lowest BCUT2D eigenvalue weighted by Crippen LogP contribution is -1.82. The number of hydrogen-bond acceptors (Lipinski definition) is 2. The van der Waals surface area contributed by atoms with Crippen LogP contribution in [-0.2, 0) is 0 Å². The summed E-state index contributed by atoms with van der Waals surface area (Å²) >= 11 is 3.81. The highest BCUT2D eigenvalue weighted by Crippen LogP contribution is 2.44. The lowest BCUT2D eigenvalue weighted by molar-refractivity contribution is 1.47. The SMILES string of the molecule is Cc1ccccc1-c1cccc2c1sc1ccc(-c3ccc4sc5c(-c6ccccc6C)cccc5c4c3)cc12. The second-order valence-electron chi connectivity index (χ2n) is 10.6. The molecule has 0 radical (unpaired) electrons. The van der Waals surface area contributed by atoms with Gasteiger partial charge in [-0.05, 0) is 82.6 Å². The first-order chi connectivity index (χ1) is 19.7. The van der Waals surface area contributed by atoms with Gasteiger partial charge in [0, 0.05) is 40.3 Å². The molecule has 8 aromatic rings. The largest absolute Gasteiger partial charge is 0.135 e. The van der Waals surface area contributed by atoms with Crippen LogP contribution in [0.5, 0.6) is 0 Å². The Balaban J connectivity index is 1.29. The van der Waals surface area contributed by atoms with Crippen LogP contribution >= 0.6 is 22.7 Å². The van der Waals surface area contributed by atoms with E-state index in [0.717, 1.165) is 0 Å². The topological polar surface area (TPSA) is 0 Å². The van der Waals surface area contributed by atoms with E-state index in [4.69, 9.17) is 0 Å². The molecule has 2 heteroatoms. The van der Waals surface area contributed by atoms with Crippen LogP contribution in [-0.4, -0.2) is 0 Å². The zero-order valence-corrected chi connectivity index (χ0v) is 24.0. The van der Waals surface area contributed by atoms with Gasteiger partial charge in [0.1, 0.15) is 0 Å². The van der Waals surface area contributed by atoms with Crippen molar-refractivity contribution in [1.29, 1.82) is 0 Å². The fraction of sp³-hybridized carbons (Fsp3) is 0.0526. The molecule has 0 unspecified atom stereocenters. The van der Waals surface area contributed by atoms with Gasteiger partial charge in [-0.3, -0.25) is 0 Å². The highest BCUT2D eigenvalue weighted by atomic mass is 32.1. The minimum absolute atomic E-state index is 1.27. The number of fused-ring (bicyclic) bond motifs is 6. The third-order valence-electron chi connectivity index (χ3n) is 8.20. The Kier molecular flexibility index (Phi) is 5.41. The van der Waals surface area contributed by atoms with Crippen LogP contribution < -0.4 is 0 Å². The molecular formula is C38H26S2. The quantitative estimate of drug-likeness (QED) is 0.207. The van der Waals surface area contributed by atoms with E-state index in [1.165, 1.54) is 84.9 Å². The first kappa shape index (κ1) is 23.6. The van der Waals surface area contributed by atoms with Crippen LogP contribution in [0.2, 0.25) is 0 Å². The van der Waals surface area contributed by atoms with Crippen molar-refractivity contribution in [3.63, 3.8) is 0 Å². The van der Waals surface area contributed by atoms with E-state index < -0.39 is 0 Å². The summed E-state index contributed by atoms with van der Waals surface area (Å²) in [4.78, 5) is 0. The van der Waals surface area contributed by atoms with Gasteiger partial charge >= 0.3 is 0 Å². The van der Waals surface area contributed by atoms with Crippen molar-refractivity contribution >= 4 is 63.0 Å². The predicted molar refractivity (Wildman–Crippen MR) is 178 cm³/mol. The number of benzene rings is 6. The monoisotopic (exact) mass is 546 g/mol. The molecule has 6 aromatic carbocycles. The molecule has 0 spiro atoms. The molecule has 0 nitrogen and oxygen atoms in total. The van der Waals surface area contributed by atoms with E-state index >= 15 is 0 Å². The summed E-state index contributed by atoms with van der Waals surface area (Å²) in [5.41, 5.74) is 10.5. The van der Waals surface area contributed by atoms with Gasteiger partial charge in [-0.1, -0.05) is 97.1 Å². The molecule has 0 atom stereocenters. The molecular weight excluding hydrogens is 521 g/mol. The summed E-state index contributed by atoms with van der Waals surface area (Å²) in [5.74, 6) is 0. The van der Waals surface area contributed by atoms with E-state index in [1.807, 2.05) is 22.7 Å². The molecule has 8 rings (SSSR count). The number of aryl methyl sites for hydroxylation is 2. The van der Waals surface area contributed by atoms with Gasteiger partial charge < -0.3 is 0 Å². The smallest absolute Gasteiger partial charge is 0.0433 e. The normalized spacial score (nSPS) is 11.8. The van der Waals surface area contributed by atoms with Crippen LogP contribution in [0.1, 0.15) is 11.1 Å². The fourth-order valence-electron chi connectivity index (χ4n) is 6.13. The van der Waals surface area contributed by atoms with Crippen LogP contribution in [0.25, 0.3) is 73.7 Å². The van der Waals surface area contributed by atoms with Gasteiger partial charge in [-0.15, -0.1) is 22.7 Å². The number of hydrogen-bond donors (Lipinski definition) is 0. The lowest BCUT2D eigenvalue weighted by Gasteiger charge is -2.07. The van der Waals surface area contributed by atoms with E-state index in [9.17, 15) is 0 Å². The Morgan fingerprint density at radius 3 is 1.25 bits per heavy atom. The molecule has 190 valence electrons. The van der Waals surface area contributed by atoms with Crippen LogP contribution in [0, 0.1) is 13.8 Å². The molecule has 0 bridgehead atoms. The average molecular weight is 547 g/mol. The van der Waals surface area contributed by atoms with Crippen LogP contribution in [0.4, 0.5) is 0 Å². The lowest BCUT2D eigenvalue weighted by atomic mass is 9.97. The molecule has 2 aromatic heterocycles. The average Bonchev–Trinajstić information content (AvgIpc) is 3.55. The Hall–Kier alpha value is -4.24. The van der Waals surface area contributed by atoms with Gasteiger partial charge in [0.2, 0.25) is 0 Å². The molecule has 0 saturated carbocycles. The van der Waals surface area contributed by atoms with Crippen molar-refractivity contribution in [3.8, 4) is 33.4 Å². The molecule has 0 aliphatic heterocycles. The molecule has 0 aliphatic carbocycles. The summed E-state index contributed by atoms with van der Waals surface area (Å²) in [6.45, 7) is 4.40. The molecule has 2 heterocycles. The molecule has 0 amide bonds. The highest BCUT2D eigenvalue weighted by molar-refractivity contribution is 7.26. The minimum atomic E-state index is 1.27. The second kappa shape index (κ2) is 9.16. The van der Waals surface area contributed by atoms with Gasteiger partial charge in [-0.2, -0.15) is 0 Å². The highest BCUT2D eigenvalue weighted by Gasteiger charge is 2.15. The van der Waals surface area contributed by atoms with Crippen LogP contribution in [0.3, 0.4) is 0 Å². The maximum absolute atomic E-state index is 2.39. The Morgan fingerprint density at radius 2 is 0.800 bits per heavy atom. The summed E-state index contributed by atoms with van der Waals surface area (Å²) in [6, 6.07) is 44.9. The Morgan fingerprint density at radius 1 is 0.375 bits per heavy atom.